The van der Waals surface area contributed by atoms with E-state index in [1.54, 1.807) is 0 Å². The summed E-state index contributed by atoms with van der Waals surface area (Å²) in [5, 5.41) is 13.1. The Morgan fingerprint density at radius 3 is 2.50 bits per heavy atom. The van der Waals surface area contributed by atoms with Crippen molar-refractivity contribution in [2.45, 2.75) is 37.2 Å². The lowest BCUT2D eigenvalue weighted by Gasteiger charge is -2.16. The van der Waals surface area contributed by atoms with E-state index in [4.69, 9.17) is 5.73 Å². The van der Waals surface area contributed by atoms with Crippen LogP contribution >= 0.6 is 11.8 Å². The molecular formula is C24H27N9S. The van der Waals surface area contributed by atoms with E-state index in [1.807, 2.05) is 49.4 Å². The molecular weight excluding hydrogens is 446 g/mol. The molecule has 5 rings (SSSR count). The molecule has 1 saturated heterocycles. The van der Waals surface area contributed by atoms with Gasteiger partial charge in [-0.05, 0) is 56.6 Å². The van der Waals surface area contributed by atoms with E-state index in [-0.39, 0.29) is 5.95 Å². The molecule has 9 nitrogen and oxygen atoms in total. The van der Waals surface area contributed by atoms with Crippen molar-refractivity contribution < 1.29 is 0 Å². The zero-order valence-corrected chi connectivity index (χ0v) is 19.9. The van der Waals surface area contributed by atoms with E-state index in [9.17, 15) is 0 Å². The summed E-state index contributed by atoms with van der Waals surface area (Å²) >= 11 is 1.54. The molecule has 0 saturated carbocycles. The average Bonchev–Trinajstić information content (AvgIpc) is 3.50. The quantitative estimate of drug-likeness (QED) is 0.367. The molecule has 3 N–H and O–H groups in total. The van der Waals surface area contributed by atoms with Gasteiger partial charge >= 0.3 is 0 Å². The minimum atomic E-state index is 0.181. The lowest BCUT2D eigenvalue weighted by Crippen LogP contribution is -2.21. The monoisotopic (exact) mass is 473 g/mol. The van der Waals surface area contributed by atoms with Crippen LogP contribution < -0.4 is 11.1 Å². The molecule has 2 aromatic carbocycles. The van der Waals surface area contributed by atoms with Crippen molar-refractivity contribution in [1.29, 1.82) is 0 Å². The number of aryl methyl sites for hydroxylation is 1. The minimum absolute atomic E-state index is 0.181. The minimum Gasteiger partial charge on any atom is -0.368 e. The zero-order chi connectivity index (χ0) is 23.3. The Labute approximate surface area is 202 Å². The second-order valence-corrected chi connectivity index (χ2v) is 9.16. The molecule has 1 aliphatic heterocycles. The van der Waals surface area contributed by atoms with E-state index in [1.165, 1.54) is 24.6 Å². The summed E-state index contributed by atoms with van der Waals surface area (Å²) in [4.78, 5) is 15.6. The molecule has 3 heterocycles. The second kappa shape index (κ2) is 10.2. The number of nitrogen functional groups attached to an aromatic ring is 1. The molecule has 0 amide bonds. The van der Waals surface area contributed by atoms with Crippen LogP contribution in [0.1, 0.15) is 30.1 Å². The van der Waals surface area contributed by atoms with Crippen molar-refractivity contribution in [3.63, 3.8) is 0 Å². The van der Waals surface area contributed by atoms with Crippen molar-refractivity contribution in [3.8, 4) is 5.69 Å². The Morgan fingerprint density at radius 1 is 0.941 bits per heavy atom. The third-order valence-corrected chi connectivity index (χ3v) is 6.62. The lowest BCUT2D eigenvalue weighted by molar-refractivity contribution is 0.319. The van der Waals surface area contributed by atoms with E-state index in [0.717, 1.165) is 47.6 Å². The smallest absolute Gasteiger partial charge is 0.232 e. The third-order valence-electron chi connectivity index (χ3n) is 5.70. The van der Waals surface area contributed by atoms with Crippen molar-refractivity contribution in [1.82, 2.24) is 34.6 Å². The number of thioether (sulfide) groups is 1. The number of anilines is 3. The van der Waals surface area contributed by atoms with Crippen LogP contribution in [-0.2, 0) is 12.3 Å². The van der Waals surface area contributed by atoms with Crippen LogP contribution in [0.4, 0.5) is 17.6 Å². The summed E-state index contributed by atoms with van der Waals surface area (Å²) in [7, 11) is 0. The van der Waals surface area contributed by atoms with E-state index >= 15 is 0 Å². The maximum absolute atomic E-state index is 5.99. The second-order valence-electron chi connectivity index (χ2n) is 8.22. The zero-order valence-electron chi connectivity index (χ0n) is 19.1. The number of benzene rings is 2. The Balaban J connectivity index is 1.37. The van der Waals surface area contributed by atoms with Crippen molar-refractivity contribution in [2.24, 2.45) is 0 Å². The molecule has 0 aliphatic carbocycles. The van der Waals surface area contributed by atoms with Gasteiger partial charge in [-0.15, -0.1) is 10.2 Å². The topological polar surface area (TPSA) is 111 Å². The number of likely N-dealkylation sites (tertiary alicyclic amines) is 1. The normalized spacial score (nSPS) is 13.9. The van der Waals surface area contributed by atoms with Gasteiger partial charge in [-0.2, -0.15) is 15.0 Å². The van der Waals surface area contributed by atoms with Gasteiger partial charge in [-0.25, -0.2) is 0 Å². The van der Waals surface area contributed by atoms with Crippen LogP contribution in [0.2, 0.25) is 0 Å². The number of nitrogens with zero attached hydrogens (tertiary/aromatic N) is 7. The van der Waals surface area contributed by atoms with Gasteiger partial charge in [0.15, 0.2) is 11.0 Å². The van der Waals surface area contributed by atoms with Gasteiger partial charge in [0.1, 0.15) is 5.82 Å². The van der Waals surface area contributed by atoms with Gasteiger partial charge in [-0.3, -0.25) is 9.47 Å². The first-order valence-corrected chi connectivity index (χ1v) is 12.3. The fourth-order valence-electron chi connectivity index (χ4n) is 3.99. The third kappa shape index (κ3) is 5.18. The van der Waals surface area contributed by atoms with Crippen LogP contribution in [-0.4, -0.2) is 47.7 Å². The summed E-state index contributed by atoms with van der Waals surface area (Å²) in [5.74, 6) is 2.62. The Hall–Kier alpha value is -3.50. The molecule has 10 heteroatoms. The molecule has 4 aromatic rings. The highest BCUT2D eigenvalue weighted by atomic mass is 32.2. The number of hydrogen-bond acceptors (Lipinski definition) is 9. The van der Waals surface area contributed by atoms with Crippen LogP contribution in [0.5, 0.6) is 0 Å². The van der Waals surface area contributed by atoms with Crippen molar-refractivity contribution in [2.75, 3.05) is 24.1 Å². The first-order valence-electron chi connectivity index (χ1n) is 11.3. The van der Waals surface area contributed by atoms with Gasteiger partial charge in [0, 0.05) is 11.4 Å². The highest BCUT2D eigenvalue weighted by Gasteiger charge is 2.20. The van der Waals surface area contributed by atoms with E-state index < -0.39 is 0 Å². The molecule has 0 spiro atoms. The summed E-state index contributed by atoms with van der Waals surface area (Å²) in [6, 6.07) is 18.2. The summed E-state index contributed by atoms with van der Waals surface area (Å²) < 4.78 is 2.13. The molecule has 0 unspecified atom stereocenters. The molecule has 0 atom stereocenters. The summed E-state index contributed by atoms with van der Waals surface area (Å²) in [5.41, 5.74) is 9.06. The largest absolute Gasteiger partial charge is 0.368 e. The predicted molar refractivity (Wildman–Crippen MR) is 134 cm³/mol. The molecule has 174 valence electrons. The number of aromatic nitrogens is 6. The first-order chi connectivity index (χ1) is 16.7. The predicted octanol–water partition coefficient (Wildman–Crippen LogP) is 3.97. The van der Waals surface area contributed by atoms with Crippen molar-refractivity contribution in [3.05, 3.63) is 71.8 Å². The van der Waals surface area contributed by atoms with Crippen LogP contribution in [0.25, 0.3) is 5.69 Å². The summed E-state index contributed by atoms with van der Waals surface area (Å²) in [6.45, 7) is 5.02. The van der Waals surface area contributed by atoms with Gasteiger partial charge in [0.2, 0.25) is 11.9 Å². The molecule has 34 heavy (non-hydrogen) atoms. The number of rotatable bonds is 8. The number of para-hydroxylation sites is 2. The van der Waals surface area contributed by atoms with E-state index in [2.05, 4.69) is 52.1 Å². The van der Waals surface area contributed by atoms with Gasteiger partial charge in [0.05, 0.1) is 12.3 Å². The van der Waals surface area contributed by atoms with Crippen LogP contribution in [0.3, 0.4) is 0 Å². The number of nitrogens with two attached hydrogens (primary N) is 1. The van der Waals surface area contributed by atoms with Crippen LogP contribution in [0, 0.1) is 6.92 Å². The Morgan fingerprint density at radius 2 is 1.71 bits per heavy atom. The average molecular weight is 474 g/mol. The first kappa shape index (κ1) is 22.3. The maximum Gasteiger partial charge on any atom is 0.232 e. The van der Waals surface area contributed by atoms with Crippen LogP contribution in [0.15, 0.2) is 59.8 Å². The number of hydrogen-bond donors (Lipinski definition) is 2. The highest BCUT2D eigenvalue weighted by molar-refractivity contribution is 7.98. The summed E-state index contributed by atoms with van der Waals surface area (Å²) in [6.07, 6.45) is 2.47. The molecule has 0 bridgehead atoms. The number of nitrogens with one attached hydrogen (secondary N) is 1. The molecule has 1 aliphatic rings. The molecule has 2 aromatic heterocycles. The Kier molecular flexibility index (Phi) is 6.68. The van der Waals surface area contributed by atoms with Crippen molar-refractivity contribution >= 4 is 29.3 Å². The molecule has 1 fully saturated rings. The van der Waals surface area contributed by atoms with Gasteiger partial charge in [-0.1, -0.05) is 48.2 Å². The van der Waals surface area contributed by atoms with Gasteiger partial charge in [0.25, 0.3) is 0 Å². The maximum atomic E-state index is 5.99. The highest BCUT2D eigenvalue weighted by Crippen LogP contribution is 2.26. The fraction of sp³-hybridized carbons (Fsp3) is 0.292. The van der Waals surface area contributed by atoms with Gasteiger partial charge < -0.3 is 11.1 Å². The van der Waals surface area contributed by atoms with E-state index in [0.29, 0.717) is 17.5 Å². The lowest BCUT2D eigenvalue weighted by atomic mass is 10.2. The standard InChI is InChI=1S/C24H27N9S/c1-17-9-5-6-12-19(17)26-23-28-20(27-22(25)29-23)16-34-24-31-30-21(15-32-13-7-8-14-32)33(24)18-10-3-2-4-11-18/h2-6,9-12H,7-8,13-16H2,1H3,(H3,25,26,27,28,29). The molecule has 0 radical (unpaired) electrons. The SMILES string of the molecule is Cc1ccccc1Nc1nc(N)nc(CSc2nnc(CN3CCCC3)n2-c2ccccc2)n1. The fourth-order valence-corrected chi connectivity index (χ4v) is 4.82. The Bertz CT molecular complexity index is 1250.